The minimum Gasteiger partial charge on any atom is -0.359 e. The molecule has 3 nitrogen and oxygen atoms in total. The van der Waals surface area contributed by atoms with Crippen LogP contribution in [0.5, 0.6) is 0 Å². The zero-order chi connectivity index (χ0) is 8.97. The average Bonchev–Trinajstić information content (AvgIpc) is 2.09. The van der Waals surface area contributed by atoms with Crippen molar-refractivity contribution in [2.45, 2.75) is 38.6 Å². The van der Waals surface area contributed by atoms with Gasteiger partial charge in [-0.2, -0.15) is 0 Å². The summed E-state index contributed by atoms with van der Waals surface area (Å²) in [6.07, 6.45) is 5.02. The van der Waals surface area contributed by atoms with E-state index in [0.717, 1.165) is 5.92 Å². The topological polar surface area (TPSA) is 50.1 Å². The minimum atomic E-state index is 0.532. The molecule has 1 aliphatic carbocycles. The molecule has 0 spiro atoms. The largest absolute Gasteiger partial charge is 0.359 e. The van der Waals surface area contributed by atoms with Gasteiger partial charge in [0.1, 0.15) is 0 Å². The van der Waals surface area contributed by atoms with Crippen molar-refractivity contribution >= 4 is 17.3 Å². The number of hydrogen-bond donors (Lipinski definition) is 3. The van der Waals surface area contributed by atoms with E-state index in [1.165, 1.54) is 25.7 Å². The molecule has 0 radical (unpaired) electrons. The van der Waals surface area contributed by atoms with Crippen LogP contribution in [0.2, 0.25) is 0 Å². The molecule has 1 rings (SSSR count). The van der Waals surface area contributed by atoms with E-state index in [0.29, 0.717) is 11.2 Å². The van der Waals surface area contributed by atoms with E-state index < -0.39 is 0 Å². The predicted octanol–water partition coefficient (Wildman–Crippen LogP) is 0.903. The highest BCUT2D eigenvalue weighted by molar-refractivity contribution is 7.80. The van der Waals surface area contributed by atoms with Crippen LogP contribution < -0.4 is 16.6 Å². The summed E-state index contributed by atoms with van der Waals surface area (Å²) in [4.78, 5) is 0. The molecular weight excluding hydrogens is 170 g/mol. The minimum absolute atomic E-state index is 0.532. The third-order valence-corrected chi connectivity index (χ3v) is 2.72. The first-order valence-electron chi connectivity index (χ1n) is 4.49. The predicted molar refractivity (Wildman–Crippen MR) is 54.5 cm³/mol. The summed E-state index contributed by atoms with van der Waals surface area (Å²) in [5, 5.41) is 3.75. The molecule has 4 heteroatoms. The fourth-order valence-corrected chi connectivity index (χ4v) is 1.80. The average molecular weight is 187 g/mol. The molecule has 0 bridgehead atoms. The van der Waals surface area contributed by atoms with Crippen molar-refractivity contribution < 1.29 is 0 Å². The number of hydrogen-bond acceptors (Lipinski definition) is 2. The van der Waals surface area contributed by atoms with Gasteiger partial charge in [-0.15, -0.1) is 0 Å². The fourth-order valence-electron chi connectivity index (χ4n) is 1.63. The van der Waals surface area contributed by atoms with E-state index >= 15 is 0 Å². The van der Waals surface area contributed by atoms with Crippen LogP contribution in [0.15, 0.2) is 0 Å². The standard InChI is InChI=1S/C8H17N3S/c1-6-2-4-7(5-3-6)10-8(12)11-9/h6-7H,2-5,9H2,1H3,(H2,10,11,12). The Kier molecular flexibility index (Phi) is 3.75. The van der Waals surface area contributed by atoms with Crippen LogP contribution >= 0.6 is 12.2 Å². The van der Waals surface area contributed by atoms with Gasteiger partial charge in [-0.3, -0.25) is 0 Å². The van der Waals surface area contributed by atoms with Crippen molar-refractivity contribution in [2.24, 2.45) is 11.8 Å². The van der Waals surface area contributed by atoms with E-state index in [1.54, 1.807) is 0 Å². The van der Waals surface area contributed by atoms with Crippen molar-refractivity contribution in [1.29, 1.82) is 0 Å². The highest BCUT2D eigenvalue weighted by atomic mass is 32.1. The molecule has 0 unspecified atom stereocenters. The molecule has 12 heavy (non-hydrogen) atoms. The third-order valence-electron chi connectivity index (χ3n) is 2.48. The maximum absolute atomic E-state index is 5.16. The van der Waals surface area contributed by atoms with Crippen molar-refractivity contribution in [3.05, 3.63) is 0 Å². The molecule has 4 N–H and O–H groups in total. The first kappa shape index (κ1) is 9.74. The Hall–Kier alpha value is -0.350. The van der Waals surface area contributed by atoms with Gasteiger partial charge in [-0.05, 0) is 43.8 Å². The summed E-state index contributed by atoms with van der Waals surface area (Å²) < 4.78 is 0. The highest BCUT2D eigenvalue weighted by Gasteiger charge is 2.17. The van der Waals surface area contributed by atoms with Crippen LogP contribution in [0.4, 0.5) is 0 Å². The van der Waals surface area contributed by atoms with Gasteiger partial charge in [0.05, 0.1) is 0 Å². The Labute approximate surface area is 79.1 Å². The monoisotopic (exact) mass is 187 g/mol. The van der Waals surface area contributed by atoms with Crippen LogP contribution in [0.3, 0.4) is 0 Å². The molecule has 0 aromatic rings. The number of rotatable bonds is 1. The number of hydrazine groups is 1. The van der Waals surface area contributed by atoms with Gasteiger partial charge in [0, 0.05) is 6.04 Å². The van der Waals surface area contributed by atoms with E-state index in [4.69, 9.17) is 18.1 Å². The second kappa shape index (κ2) is 4.62. The summed E-state index contributed by atoms with van der Waals surface area (Å²) >= 11 is 4.92. The van der Waals surface area contributed by atoms with E-state index in [2.05, 4.69) is 17.7 Å². The molecule has 0 aliphatic heterocycles. The van der Waals surface area contributed by atoms with Gasteiger partial charge >= 0.3 is 0 Å². The lowest BCUT2D eigenvalue weighted by molar-refractivity contribution is 0.330. The van der Waals surface area contributed by atoms with Crippen molar-refractivity contribution in [3.8, 4) is 0 Å². The highest BCUT2D eigenvalue weighted by Crippen LogP contribution is 2.23. The number of thiocarbonyl (C=S) groups is 1. The molecule has 1 aliphatic rings. The van der Waals surface area contributed by atoms with Crippen LogP contribution in [0.1, 0.15) is 32.6 Å². The summed E-state index contributed by atoms with van der Waals surface area (Å²) in [5.41, 5.74) is 2.44. The van der Waals surface area contributed by atoms with Crippen LogP contribution in [0, 0.1) is 5.92 Å². The first-order valence-corrected chi connectivity index (χ1v) is 4.90. The lowest BCUT2D eigenvalue weighted by atomic mass is 9.87. The van der Waals surface area contributed by atoms with Crippen molar-refractivity contribution in [3.63, 3.8) is 0 Å². The maximum atomic E-state index is 5.16. The van der Waals surface area contributed by atoms with Gasteiger partial charge in [0.15, 0.2) is 5.11 Å². The molecule has 0 heterocycles. The van der Waals surface area contributed by atoms with Gasteiger partial charge in [0.25, 0.3) is 0 Å². The Bertz CT molecular complexity index is 152. The molecule has 1 saturated carbocycles. The molecule has 0 amide bonds. The summed E-state index contributed by atoms with van der Waals surface area (Å²) in [5.74, 6) is 6.04. The molecule has 0 saturated heterocycles. The molecule has 0 aromatic heterocycles. The normalized spacial score (nSPS) is 29.5. The lowest BCUT2D eigenvalue weighted by Gasteiger charge is -2.27. The summed E-state index contributed by atoms with van der Waals surface area (Å²) in [6, 6.07) is 0.532. The van der Waals surface area contributed by atoms with Gasteiger partial charge in [-0.25, -0.2) is 5.84 Å². The van der Waals surface area contributed by atoms with Crippen molar-refractivity contribution in [2.75, 3.05) is 0 Å². The molecule has 0 atom stereocenters. The number of nitrogens with one attached hydrogen (secondary N) is 2. The molecule has 70 valence electrons. The maximum Gasteiger partial charge on any atom is 0.180 e. The van der Waals surface area contributed by atoms with E-state index in [1.807, 2.05) is 0 Å². The van der Waals surface area contributed by atoms with Gasteiger partial charge in [-0.1, -0.05) is 6.92 Å². The summed E-state index contributed by atoms with van der Waals surface area (Å²) in [7, 11) is 0. The molecule has 1 fully saturated rings. The van der Waals surface area contributed by atoms with E-state index in [9.17, 15) is 0 Å². The zero-order valence-corrected chi connectivity index (χ0v) is 8.29. The third kappa shape index (κ3) is 2.95. The second-order valence-corrected chi connectivity index (χ2v) is 3.98. The molecular formula is C8H17N3S. The Morgan fingerprint density at radius 3 is 2.42 bits per heavy atom. The second-order valence-electron chi connectivity index (χ2n) is 3.57. The Morgan fingerprint density at radius 2 is 1.92 bits per heavy atom. The number of nitrogens with two attached hydrogens (primary N) is 1. The SMILES string of the molecule is CC1CCC(NC(=S)NN)CC1. The van der Waals surface area contributed by atoms with E-state index in [-0.39, 0.29) is 0 Å². The zero-order valence-electron chi connectivity index (χ0n) is 7.47. The van der Waals surface area contributed by atoms with Crippen LogP contribution in [-0.4, -0.2) is 11.2 Å². The Morgan fingerprint density at radius 1 is 1.33 bits per heavy atom. The fraction of sp³-hybridized carbons (Fsp3) is 0.875. The Balaban J connectivity index is 2.21. The van der Waals surface area contributed by atoms with Gasteiger partial charge in [0.2, 0.25) is 0 Å². The van der Waals surface area contributed by atoms with Crippen LogP contribution in [-0.2, 0) is 0 Å². The molecule has 0 aromatic carbocycles. The van der Waals surface area contributed by atoms with Crippen molar-refractivity contribution in [1.82, 2.24) is 10.7 Å². The van der Waals surface area contributed by atoms with Gasteiger partial charge < -0.3 is 10.7 Å². The smallest absolute Gasteiger partial charge is 0.180 e. The first-order chi connectivity index (χ1) is 5.72. The lowest BCUT2D eigenvalue weighted by Crippen LogP contribution is -2.45. The summed E-state index contributed by atoms with van der Waals surface area (Å²) in [6.45, 7) is 2.30. The quantitative estimate of drug-likeness (QED) is 0.324. The van der Waals surface area contributed by atoms with Crippen LogP contribution in [0.25, 0.3) is 0 Å².